The van der Waals surface area contributed by atoms with Crippen LogP contribution < -0.4 is 57.1 Å². The molecule has 0 saturated carbocycles. The molecule has 4 N–H and O–H groups in total. The first kappa shape index (κ1) is 11.5. The first-order valence-electron chi connectivity index (χ1n) is 1.31. The van der Waals surface area contributed by atoms with Gasteiger partial charge in [-0.05, 0) is 0 Å². The summed E-state index contributed by atoms with van der Waals surface area (Å²) in [4.78, 5) is 15.6. The molecule has 0 aliphatic rings. The summed E-state index contributed by atoms with van der Waals surface area (Å²) in [6, 6.07) is 0. The minimum absolute atomic E-state index is 0. The zero-order valence-electron chi connectivity index (χ0n) is 5.03. The second kappa shape index (κ2) is 4.61. The van der Waals surface area contributed by atoms with Crippen molar-refractivity contribution in [1.29, 1.82) is 0 Å². The fraction of sp³-hybridized carbons (Fsp3) is 1.00. The predicted molar refractivity (Wildman–Crippen MR) is 22.2 cm³/mol. The van der Waals surface area contributed by atoms with E-state index in [2.05, 4.69) is 5.73 Å². The van der Waals surface area contributed by atoms with E-state index in [9.17, 15) is 4.57 Å². The van der Waals surface area contributed by atoms with E-state index in [-0.39, 0.29) is 52.8 Å². The Hall–Kier alpha value is 1.75. The van der Waals surface area contributed by atoms with E-state index < -0.39 is 13.9 Å². The summed E-state index contributed by atoms with van der Waals surface area (Å²) in [6.45, 7) is 0. The molecule has 0 heterocycles. The van der Waals surface area contributed by atoms with E-state index in [1.807, 2.05) is 0 Å². The van der Waals surface area contributed by atoms with Gasteiger partial charge in [-0.25, -0.2) is 0 Å². The largest absolute Gasteiger partial charge is 1.00 e. The van der Waals surface area contributed by atoms with Crippen LogP contribution in [0.4, 0.5) is 0 Å². The number of hydrogen-bond acceptors (Lipinski definition) is 2. The van der Waals surface area contributed by atoms with Gasteiger partial charge >= 0.3 is 59.0 Å². The average molecular weight is 151 g/mol. The smallest absolute Gasteiger partial charge is 1.00 e. The van der Waals surface area contributed by atoms with Crippen LogP contribution in [0.15, 0.2) is 0 Å². The van der Waals surface area contributed by atoms with Gasteiger partial charge in [-0.3, -0.25) is 4.57 Å². The third-order valence-electron chi connectivity index (χ3n) is 0.238. The number of nitrogens with two attached hydrogens (primary N) is 1. The van der Waals surface area contributed by atoms with E-state index in [0.717, 1.165) is 0 Å². The molecule has 0 spiro atoms. The van der Waals surface area contributed by atoms with E-state index in [1.54, 1.807) is 0 Å². The maximum atomic E-state index is 9.57. The van der Waals surface area contributed by atoms with Gasteiger partial charge in [0.1, 0.15) is 0 Å². The molecule has 0 unspecified atom stereocenters. The molecule has 0 aromatic heterocycles. The van der Waals surface area contributed by atoms with Gasteiger partial charge in [-0.1, -0.05) is 0 Å². The summed E-state index contributed by atoms with van der Waals surface area (Å²) in [6.07, 6.45) is -0.562. The Balaban J connectivity index is -0.000000125. The molecule has 0 aromatic rings. The van der Waals surface area contributed by atoms with E-state index >= 15 is 0 Å². The van der Waals surface area contributed by atoms with Gasteiger partial charge < -0.3 is 16.9 Å². The molecule has 0 aliphatic carbocycles. The normalized spacial score (nSPS) is 10.1. The van der Waals surface area contributed by atoms with Gasteiger partial charge in [0.05, 0.1) is 6.29 Å². The molecule has 6 heteroatoms. The molecule has 4 nitrogen and oxygen atoms in total. The molecule has 40 valence electrons. The summed E-state index contributed by atoms with van der Waals surface area (Å²) in [5.74, 6) is 0. The van der Waals surface area contributed by atoms with E-state index in [1.165, 1.54) is 0 Å². The van der Waals surface area contributed by atoms with Crippen LogP contribution in [0, 0.1) is 0 Å². The van der Waals surface area contributed by atoms with Gasteiger partial charge in [-0.2, -0.15) is 0 Å². The molecule has 0 radical (unpaired) electrons. The second-order valence-corrected chi connectivity index (χ2v) is 2.54. The average Bonchev–Trinajstić information content (AvgIpc) is 1.35. The van der Waals surface area contributed by atoms with Crippen LogP contribution in [-0.4, -0.2) is 16.1 Å². The molecule has 0 atom stereocenters. The fourth-order valence-corrected chi connectivity index (χ4v) is 0. The zero-order chi connectivity index (χ0) is 5.21. The molecule has 0 bridgehead atoms. The molecular formula is CH7KNO3P. The molecule has 0 amide bonds. The molecule has 0 aliphatic heterocycles. The molecule has 0 saturated heterocycles. The van der Waals surface area contributed by atoms with Gasteiger partial charge in [-0.15, -0.1) is 0 Å². The Morgan fingerprint density at radius 1 is 1.71 bits per heavy atom. The monoisotopic (exact) mass is 151 g/mol. The summed E-state index contributed by atoms with van der Waals surface area (Å²) in [7, 11) is -3.87. The van der Waals surface area contributed by atoms with Crippen molar-refractivity contribution in [2.75, 3.05) is 6.29 Å². The van der Waals surface area contributed by atoms with Crippen molar-refractivity contribution in [2.24, 2.45) is 5.73 Å². The summed E-state index contributed by atoms with van der Waals surface area (Å²) in [5.41, 5.74) is 4.54. The summed E-state index contributed by atoms with van der Waals surface area (Å²) >= 11 is 0. The second-order valence-electron chi connectivity index (χ2n) is 0.847. The third kappa shape index (κ3) is 11.4. The van der Waals surface area contributed by atoms with Gasteiger partial charge in [0.2, 0.25) is 0 Å². The van der Waals surface area contributed by atoms with Crippen molar-refractivity contribution in [3.63, 3.8) is 0 Å². The Morgan fingerprint density at radius 3 is 1.86 bits per heavy atom. The first-order chi connectivity index (χ1) is 2.56. The number of hydrogen-bond donors (Lipinski definition) is 3. The van der Waals surface area contributed by atoms with Crippen molar-refractivity contribution in [1.82, 2.24) is 0 Å². The van der Waals surface area contributed by atoms with Gasteiger partial charge in [0.15, 0.2) is 0 Å². The van der Waals surface area contributed by atoms with Crippen LogP contribution >= 0.6 is 7.60 Å². The maximum absolute atomic E-state index is 9.57. The molecule has 0 aromatic carbocycles. The van der Waals surface area contributed by atoms with Crippen molar-refractivity contribution in [3.05, 3.63) is 0 Å². The minimum Gasteiger partial charge on any atom is -1.00 e. The van der Waals surface area contributed by atoms with E-state index in [0.29, 0.717) is 0 Å². The fourth-order valence-electron chi connectivity index (χ4n) is 0. The number of rotatable bonds is 1. The standard InChI is InChI=1S/CH6NO3P.K.H/c2-1-6(3,4)5;;/h1-2H2,(H2,3,4,5);;/q;+1;-1. The van der Waals surface area contributed by atoms with Crippen molar-refractivity contribution < 1.29 is 67.2 Å². The van der Waals surface area contributed by atoms with Crippen molar-refractivity contribution in [3.8, 4) is 0 Å². The SMILES string of the molecule is NCP(=O)(O)O.[H-].[K+]. The Kier molecular flexibility index (Phi) is 7.59. The van der Waals surface area contributed by atoms with Gasteiger partial charge in [0, 0.05) is 0 Å². The first-order valence-corrected chi connectivity index (χ1v) is 3.10. The summed E-state index contributed by atoms with van der Waals surface area (Å²) < 4.78 is 9.57. The van der Waals surface area contributed by atoms with Crippen molar-refractivity contribution in [2.45, 2.75) is 0 Å². The summed E-state index contributed by atoms with van der Waals surface area (Å²) in [5, 5.41) is 0. The van der Waals surface area contributed by atoms with Crippen LogP contribution in [0.3, 0.4) is 0 Å². The van der Waals surface area contributed by atoms with Gasteiger partial charge in [0.25, 0.3) is 0 Å². The molecule has 0 fully saturated rings. The predicted octanol–water partition coefficient (Wildman–Crippen LogP) is -3.80. The van der Waals surface area contributed by atoms with Crippen molar-refractivity contribution >= 4 is 7.60 Å². The third-order valence-corrected chi connectivity index (χ3v) is 0.714. The Labute approximate surface area is 85.5 Å². The quantitative estimate of drug-likeness (QED) is 0.265. The topological polar surface area (TPSA) is 83.6 Å². The molecule has 7 heavy (non-hydrogen) atoms. The van der Waals surface area contributed by atoms with Crippen LogP contribution in [0.5, 0.6) is 0 Å². The Morgan fingerprint density at radius 2 is 1.86 bits per heavy atom. The minimum atomic E-state index is -3.87. The van der Waals surface area contributed by atoms with Crippen LogP contribution in [0.1, 0.15) is 1.43 Å². The zero-order valence-corrected chi connectivity index (χ0v) is 8.05. The molecule has 0 rings (SSSR count). The van der Waals surface area contributed by atoms with Crippen LogP contribution in [0.2, 0.25) is 0 Å². The van der Waals surface area contributed by atoms with Crippen LogP contribution in [-0.2, 0) is 4.57 Å². The Bertz CT molecular complexity index is 83.4. The molecular weight excluding hydrogens is 144 g/mol. The van der Waals surface area contributed by atoms with E-state index in [4.69, 9.17) is 9.79 Å². The maximum Gasteiger partial charge on any atom is 1.00 e. The van der Waals surface area contributed by atoms with Crippen LogP contribution in [0.25, 0.3) is 0 Å².